The first-order chi connectivity index (χ1) is 6.96. The van der Waals surface area contributed by atoms with Gasteiger partial charge in [0.15, 0.2) is 12.5 Å². The summed E-state index contributed by atoms with van der Waals surface area (Å²) in [7, 11) is -3.50. The zero-order valence-corrected chi connectivity index (χ0v) is 9.31. The van der Waals surface area contributed by atoms with E-state index in [2.05, 4.69) is 4.74 Å². The van der Waals surface area contributed by atoms with Crippen molar-refractivity contribution in [2.24, 2.45) is 0 Å². The van der Waals surface area contributed by atoms with Crippen LogP contribution in [0.3, 0.4) is 0 Å². The minimum absolute atomic E-state index is 0.00535. The number of benzene rings is 1. The normalized spacial score (nSPS) is 11.4. The second-order valence-corrected chi connectivity index (χ2v) is 4.28. The summed E-state index contributed by atoms with van der Waals surface area (Å²) in [5.74, 6) is -0.247. The van der Waals surface area contributed by atoms with Crippen LogP contribution in [0.1, 0.15) is 0 Å². The molecule has 0 bridgehead atoms. The van der Waals surface area contributed by atoms with Gasteiger partial charge in [-0.05, 0) is 12.1 Å². The minimum Gasteiger partial charge on any atom is -0.465 e. The van der Waals surface area contributed by atoms with Crippen molar-refractivity contribution in [1.29, 1.82) is 0 Å². The molecule has 0 unspecified atom stereocenters. The summed E-state index contributed by atoms with van der Waals surface area (Å²) in [5.41, 5.74) is 0. The van der Waals surface area contributed by atoms with Gasteiger partial charge in [0, 0.05) is 7.11 Å². The molecular formula is C8H8ClFO4S. The van der Waals surface area contributed by atoms with Gasteiger partial charge in [-0.2, -0.15) is 8.42 Å². The fraction of sp³-hybridized carbons (Fsp3) is 0.250. The van der Waals surface area contributed by atoms with Crippen LogP contribution in [0.5, 0.6) is 5.75 Å². The molecule has 0 spiro atoms. The molecule has 1 aromatic carbocycles. The number of hydrogen-bond acceptors (Lipinski definition) is 4. The summed E-state index contributed by atoms with van der Waals surface area (Å²) in [6, 6.07) is 3.77. The lowest BCUT2D eigenvalue weighted by atomic mass is 10.3. The quantitative estimate of drug-likeness (QED) is 0.609. The first-order valence-corrected chi connectivity index (χ1v) is 5.58. The van der Waals surface area contributed by atoms with Crippen LogP contribution in [0.15, 0.2) is 23.1 Å². The standard InChI is InChI=1S/C8H8ClFO4S/c1-13-5-14-8-6(9)3-2-4-7(8)15(10,11)12/h2-4H,5H2,1H3. The van der Waals surface area contributed by atoms with E-state index >= 15 is 0 Å². The van der Waals surface area contributed by atoms with Crippen molar-refractivity contribution in [3.05, 3.63) is 23.2 Å². The SMILES string of the molecule is COCOc1c(Cl)cccc1S(=O)(=O)F. The zero-order chi connectivity index (χ0) is 11.5. The van der Waals surface area contributed by atoms with Crippen LogP contribution in [0, 0.1) is 0 Å². The smallest absolute Gasteiger partial charge is 0.335 e. The van der Waals surface area contributed by atoms with E-state index in [1.807, 2.05) is 0 Å². The molecule has 0 aliphatic heterocycles. The number of methoxy groups -OCH3 is 1. The average Bonchev–Trinajstić information content (AvgIpc) is 2.14. The molecule has 0 fully saturated rings. The molecule has 0 amide bonds. The van der Waals surface area contributed by atoms with E-state index in [4.69, 9.17) is 16.3 Å². The molecule has 0 aliphatic rings. The molecule has 84 valence electrons. The Labute approximate surface area is 91.8 Å². The molecule has 15 heavy (non-hydrogen) atoms. The minimum atomic E-state index is -4.85. The molecular weight excluding hydrogens is 247 g/mol. The Morgan fingerprint density at radius 3 is 2.67 bits per heavy atom. The maximum atomic E-state index is 12.8. The van der Waals surface area contributed by atoms with E-state index in [0.717, 1.165) is 6.07 Å². The highest BCUT2D eigenvalue weighted by Crippen LogP contribution is 2.32. The van der Waals surface area contributed by atoms with E-state index in [9.17, 15) is 12.3 Å². The molecule has 0 heterocycles. The van der Waals surface area contributed by atoms with Crippen LogP contribution in [0.25, 0.3) is 0 Å². The third-order valence-electron chi connectivity index (χ3n) is 1.51. The fourth-order valence-corrected chi connectivity index (χ4v) is 1.86. The molecule has 4 nitrogen and oxygen atoms in total. The molecule has 0 aliphatic carbocycles. The van der Waals surface area contributed by atoms with Gasteiger partial charge in [-0.15, -0.1) is 3.89 Å². The van der Waals surface area contributed by atoms with Gasteiger partial charge in [0.05, 0.1) is 5.02 Å². The van der Waals surface area contributed by atoms with E-state index < -0.39 is 15.1 Å². The van der Waals surface area contributed by atoms with Crippen molar-refractivity contribution in [3.8, 4) is 5.75 Å². The van der Waals surface area contributed by atoms with E-state index in [-0.39, 0.29) is 17.6 Å². The third kappa shape index (κ3) is 3.05. The van der Waals surface area contributed by atoms with Gasteiger partial charge in [0.25, 0.3) is 0 Å². The van der Waals surface area contributed by atoms with Crippen molar-refractivity contribution in [3.63, 3.8) is 0 Å². The summed E-state index contributed by atoms with van der Waals surface area (Å²) in [5, 5.41) is 0.00535. The van der Waals surface area contributed by atoms with Gasteiger partial charge in [-0.25, -0.2) is 0 Å². The Morgan fingerprint density at radius 1 is 1.47 bits per heavy atom. The monoisotopic (exact) mass is 254 g/mol. The second kappa shape index (κ2) is 4.78. The summed E-state index contributed by atoms with van der Waals surface area (Å²) < 4.78 is 43.7. The summed E-state index contributed by atoms with van der Waals surface area (Å²) in [6.07, 6.45) is 0. The van der Waals surface area contributed by atoms with Crippen LogP contribution in [-0.4, -0.2) is 22.3 Å². The molecule has 1 rings (SSSR count). The Hall–Kier alpha value is -0.850. The van der Waals surface area contributed by atoms with Gasteiger partial charge in [-0.1, -0.05) is 17.7 Å². The lowest BCUT2D eigenvalue weighted by molar-refractivity contribution is 0.0490. The Balaban J connectivity index is 3.21. The molecule has 7 heteroatoms. The Morgan fingerprint density at radius 2 is 2.13 bits per heavy atom. The number of rotatable bonds is 4. The number of ether oxygens (including phenoxy) is 2. The predicted molar refractivity (Wildman–Crippen MR) is 52.2 cm³/mol. The number of para-hydroxylation sites is 1. The van der Waals surface area contributed by atoms with E-state index in [1.54, 1.807) is 0 Å². The molecule has 0 saturated carbocycles. The molecule has 0 saturated heterocycles. The Kier molecular flexibility index (Phi) is 3.90. The van der Waals surface area contributed by atoms with Crippen LogP contribution >= 0.6 is 11.6 Å². The van der Waals surface area contributed by atoms with Gasteiger partial charge in [0.1, 0.15) is 4.90 Å². The highest BCUT2D eigenvalue weighted by Gasteiger charge is 2.20. The lowest BCUT2D eigenvalue weighted by Crippen LogP contribution is -2.04. The van der Waals surface area contributed by atoms with Gasteiger partial charge in [0.2, 0.25) is 0 Å². The lowest BCUT2D eigenvalue weighted by Gasteiger charge is -2.09. The predicted octanol–water partition coefficient (Wildman–Crippen LogP) is 1.98. The number of halogens is 2. The molecule has 0 aromatic heterocycles. The molecule has 0 radical (unpaired) electrons. The largest absolute Gasteiger partial charge is 0.465 e. The zero-order valence-electron chi connectivity index (χ0n) is 7.74. The maximum Gasteiger partial charge on any atom is 0.335 e. The van der Waals surface area contributed by atoms with Crippen LogP contribution in [0.4, 0.5) is 3.89 Å². The van der Waals surface area contributed by atoms with Crippen LogP contribution in [-0.2, 0) is 15.0 Å². The van der Waals surface area contributed by atoms with Crippen LogP contribution < -0.4 is 4.74 Å². The maximum absolute atomic E-state index is 12.8. The summed E-state index contributed by atoms with van der Waals surface area (Å²) in [6.45, 7) is -0.216. The topological polar surface area (TPSA) is 52.6 Å². The average molecular weight is 255 g/mol. The first kappa shape index (κ1) is 12.2. The van der Waals surface area contributed by atoms with Crippen molar-refractivity contribution in [1.82, 2.24) is 0 Å². The van der Waals surface area contributed by atoms with Gasteiger partial charge >= 0.3 is 10.2 Å². The van der Waals surface area contributed by atoms with Crippen molar-refractivity contribution < 1.29 is 21.8 Å². The summed E-state index contributed by atoms with van der Waals surface area (Å²) in [4.78, 5) is -0.605. The highest BCUT2D eigenvalue weighted by molar-refractivity contribution is 7.86. The van der Waals surface area contributed by atoms with Crippen LogP contribution in [0.2, 0.25) is 5.02 Å². The second-order valence-electron chi connectivity index (χ2n) is 2.56. The number of hydrogen-bond donors (Lipinski definition) is 0. The van der Waals surface area contributed by atoms with Crippen molar-refractivity contribution >= 4 is 21.8 Å². The van der Waals surface area contributed by atoms with Gasteiger partial charge < -0.3 is 9.47 Å². The first-order valence-electron chi connectivity index (χ1n) is 3.81. The third-order valence-corrected chi connectivity index (χ3v) is 2.66. The van der Waals surface area contributed by atoms with Crippen molar-refractivity contribution in [2.45, 2.75) is 4.90 Å². The molecule has 0 atom stereocenters. The summed E-state index contributed by atoms with van der Waals surface area (Å²) >= 11 is 5.66. The fourth-order valence-electron chi connectivity index (χ4n) is 0.939. The van der Waals surface area contributed by atoms with E-state index in [1.165, 1.54) is 19.2 Å². The van der Waals surface area contributed by atoms with Gasteiger partial charge in [-0.3, -0.25) is 0 Å². The Bertz CT molecular complexity index is 446. The molecule has 0 N–H and O–H groups in total. The highest BCUT2D eigenvalue weighted by atomic mass is 35.5. The van der Waals surface area contributed by atoms with E-state index in [0.29, 0.717) is 0 Å². The van der Waals surface area contributed by atoms with Crippen molar-refractivity contribution in [2.75, 3.05) is 13.9 Å². The molecule has 1 aromatic rings.